The molecule has 0 bridgehead atoms. The van der Waals surface area contributed by atoms with Crippen molar-refractivity contribution in [3.05, 3.63) is 35.6 Å². The first-order valence-corrected chi connectivity index (χ1v) is 10.2. The summed E-state index contributed by atoms with van der Waals surface area (Å²) in [6.07, 6.45) is 1.10. The summed E-state index contributed by atoms with van der Waals surface area (Å²) in [5, 5.41) is 0. The van der Waals surface area contributed by atoms with Gasteiger partial charge in [0, 0.05) is 37.9 Å². The summed E-state index contributed by atoms with van der Waals surface area (Å²) in [6.45, 7) is 2.13. The molecule has 0 atom stereocenters. The number of hydrogen-bond acceptors (Lipinski definition) is 5. The molecule has 1 aromatic carbocycles. The Balaban J connectivity index is 1.49. The summed E-state index contributed by atoms with van der Waals surface area (Å²) in [5.74, 6) is -1.99. The Morgan fingerprint density at radius 2 is 1.80 bits per heavy atom. The van der Waals surface area contributed by atoms with Crippen molar-refractivity contribution < 1.29 is 27.1 Å². The molecular weight excluding hydrogens is 349 g/mol. The van der Waals surface area contributed by atoms with Gasteiger partial charge in [0.25, 0.3) is 0 Å². The molecule has 2 fully saturated rings. The van der Waals surface area contributed by atoms with Gasteiger partial charge in [-0.05, 0) is 6.07 Å². The molecule has 2 aliphatic heterocycles. The van der Waals surface area contributed by atoms with E-state index in [4.69, 9.17) is 9.47 Å². The molecule has 1 amide bonds. The Labute approximate surface area is 146 Å². The van der Waals surface area contributed by atoms with E-state index in [1.54, 1.807) is 11.0 Å². The fraction of sp³-hybridized carbons (Fsp3) is 0.588. The largest absolute Gasteiger partial charge is 0.347 e. The number of sulfone groups is 1. The minimum Gasteiger partial charge on any atom is -0.347 e. The Morgan fingerprint density at radius 1 is 1.16 bits per heavy atom. The molecule has 2 saturated heterocycles. The second-order valence-corrected chi connectivity index (χ2v) is 8.61. The van der Waals surface area contributed by atoms with Crippen molar-refractivity contribution in [3.8, 4) is 0 Å². The molecule has 0 saturated carbocycles. The van der Waals surface area contributed by atoms with Crippen LogP contribution >= 0.6 is 0 Å². The Morgan fingerprint density at radius 3 is 2.44 bits per heavy atom. The first-order valence-electron chi connectivity index (χ1n) is 8.39. The lowest BCUT2D eigenvalue weighted by Crippen LogP contribution is -2.47. The van der Waals surface area contributed by atoms with Gasteiger partial charge in [0.15, 0.2) is 15.6 Å². The summed E-state index contributed by atoms with van der Waals surface area (Å²) in [7, 11) is -3.55. The zero-order chi connectivity index (χ0) is 17.9. The molecule has 0 unspecified atom stereocenters. The monoisotopic (exact) mass is 371 g/mol. The van der Waals surface area contributed by atoms with Gasteiger partial charge in [0.1, 0.15) is 5.82 Å². The molecule has 2 heterocycles. The van der Waals surface area contributed by atoms with E-state index in [9.17, 15) is 17.6 Å². The number of likely N-dealkylation sites (tertiary alicyclic amines) is 1. The molecule has 1 aromatic rings. The van der Waals surface area contributed by atoms with E-state index < -0.39 is 27.2 Å². The van der Waals surface area contributed by atoms with Crippen molar-refractivity contribution in [1.29, 1.82) is 0 Å². The van der Waals surface area contributed by atoms with Gasteiger partial charge in [0.2, 0.25) is 5.91 Å². The smallest absolute Gasteiger partial charge is 0.223 e. The van der Waals surface area contributed by atoms with Gasteiger partial charge in [-0.3, -0.25) is 4.79 Å². The third-order valence-corrected chi connectivity index (χ3v) is 6.23. The van der Waals surface area contributed by atoms with Gasteiger partial charge in [-0.1, -0.05) is 18.2 Å². The number of hydrogen-bond donors (Lipinski definition) is 0. The van der Waals surface area contributed by atoms with E-state index in [1.807, 2.05) is 0 Å². The normalized spacial score (nSPS) is 20.1. The lowest BCUT2D eigenvalue weighted by Gasteiger charge is -2.37. The van der Waals surface area contributed by atoms with Crippen LogP contribution in [0.4, 0.5) is 4.39 Å². The van der Waals surface area contributed by atoms with Gasteiger partial charge in [-0.25, -0.2) is 12.8 Å². The molecule has 0 aliphatic carbocycles. The van der Waals surface area contributed by atoms with Crippen molar-refractivity contribution in [2.75, 3.05) is 32.1 Å². The van der Waals surface area contributed by atoms with E-state index in [0.29, 0.717) is 39.1 Å². The van der Waals surface area contributed by atoms with Gasteiger partial charge in [0.05, 0.1) is 24.7 Å². The minimum absolute atomic E-state index is 0.0918. The van der Waals surface area contributed by atoms with E-state index >= 15 is 0 Å². The highest BCUT2D eigenvalue weighted by Gasteiger charge is 2.40. The van der Waals surface area contributed by atoms with Crippen LogP contribution in [0.3, 0.4) is 0 Å². The molecule has 3 rings (SSSR count). The summed E-state index contributed by atoms with van der Waals surface area (Å²) < 4.78 is 49.1. The number of carbonyl (C=O) groups is 1. The maximum Gasteiger partial charge on any atom is 0.223 e. The number of carbonyl (C=O) groups excluding carboxylic acids is 1. The zero-order valence-corrected chi connectivity index (χ0v) is 14.8. The Bertz CT molecular complexity index is 720. The van der Waals surface area contributed by atoms with Crippen molar-refractivity contribution >= 4 is 15.7 Å². The van der Waals surface area contributed by atoms with E-state index in [-0.39, 0.29) is 23.6 Å². The minimum atomic E-state index is -3.55. The standard InChI is InChI=1S/C17H22FNO5S/c18-15-4-2-1-3-14(15)13-25(21,22)12-5-16(20)19-8-6-17(7-9-19)23-10-11-24-17/h1-4H,5-13H2. The van der Waals surface area contributed by atoms with Gasteiger partial charge in [-0.15, -0.1) is 0 Å². The van der Waals surface area contributed by atoms with Crippen LogP contribution in [0.2, 0.25) is 0 Å². The number of halogens is 1. The number of rotatable bonds is 5. The van der Waals surface area contributed by atoms with Gasteiger partial charge in [-0.2, -0.15) is 0 Å². The second-order valence-electron chi connectivity index (χ2n) is 6.42. The van der Waals surface area contributed by atoms with Crippen molar-refractivity contribution in [1.82, 2.24) is 4.90 Å². The number of amides is 1. The fourth-order valence-corrected chi connectivity index (χ4v) is 4.55. The van der Waals surface area contributed by atoms with E-state index in [2.05, 4.69) is 0 Å². The Hall–Kier alpha value is -1.51. The molecule has 138 valence electrons. The predicted octanol–water partition coefficient (Wildman–Crippen LogP) is 1.50. The SMILES string of the molecule is O=C(CCS(=O)(=O)Cc1ccccc1F)N1CCC2(CC1)OCCO2. The first-order chi connectivity index (χ1) is 11.9. The average Bonchev–Trinajstić information content (AvgIpc) is 3.03. The van der Waals surface area contributed by atoms with Crippen LogP contribution in [0, 0.1) is 5.82 Å². The quantitative estimate of drug-likeness (QED) is 0.784. The number of nitrogens with zero attached hydrogens (tertiary/aromatic N) is 1. The summed E-state index contributed by atoms with van der Waals surface area (Å²) in [4.78, 5) is 13.9. The van der Waals surface area contributed by atoms with Crippen LogP contribution in [0.1, 0.15) is 24.8 Å². The fourth-order valence-electron chi connectivity index (χ4n) is 3.21. The third kappa shape index (κ3) is 4.56. The summed E-state index contributed by atoms with van der Waals surface area (Å²) in [5.41, 5.74) is 0.130. The van der Waals surface area contributed by atoms with Gasteiger partial charge < -0.3 is 14.4 Å². The number of benzene rings is 1. The number of ether oxygens (including phenoxy) is 2. The zero-order valence-electron chi connectivity index (χ0n) is 13.9. The second kappa shape index (κ2) is 7.39. The van der Waals surface area contributed by atoms with Crippen LogP contribution in [-0.4, -0.2) is 57.1 Å². The van der Waals surface area contributed by atoms with Crippen LogP contribution in [0.15, 0.2) is 24.3 Å². The van der Waals surface area contributed by atoms with Crippen LogP contribution in [-0.2, 0) is 29.9 Å². The lowest BCUT2D eigenvalue weighted by molar-refractivity contribution is -0.187. The molecule has 6 nitrogen and oxygen atoms in total. The molecule has 25 heavy (non-hydrogen) atoms. The highest BCUT2D eigenvalue weighted by atomic mass is 32.2. The summed E-state index contributed by atoms with van der Waals surface area (Å²) in [6, 6.07) is 5.78. The van der Waals surface area contributed by atoms with E-state index in [0.717, 1.165) is 0 Å². The third-order valence-electron chi connectivity index (χ3n) is 4.65. The number of piperidine rings is 1. The maximum absolute atomic E-state index is 13.6. The van der Waals surface area contributed by atoms with Crippen molar-refractivity contribution in [2.24, 2.45) is 0 Å². The van der Waals surface area contributed by atoms with Gasteiger partial charge >= 0.3 is 0 Å². The molecule has 8 heteroatoms. The average molecular weight is 371 g/mol. The van der Waals surface area contributed by atoms with Crippen LogP contribution < -0.4 is 0 Å². The first kappa shape index (κ1) is 18.3. The topological polar surface area (TPSA) is 72.9 Å². The molecule has 1 spiro atoms. The molecular formula is C17H22FNO5S. The summed E-state index contributed by atoms with van der Waals surface area (Å²) >= 11 is 0. The van der Waals surface area contributed by atoms with E-state index in [1.165, 1.54) is 18.2 Å². The maximum atomic E-state index is 13.6. The molecule has 0 aromatic heterocycles. The van der Waals surface area contributed by atoms with Crippen molar-refractivity contribution in [2.45, 2.75) is 30.8 Å². The predicted molar refractivity (Wildman–Crippen MR) is 89.0 cm³/mol. The molecule has 2 aliphatic rings. The van der Waals surface area contributed by atoms with Crippen LogP contribution in [0.25, 0.3) is 0 Å². The lowest BCUT2D eigenvalue weighted by atomic mass is 10.0. The molecule has 0 N–H and O–H groups in total. The Kier molecular flexibility index (Phi) is 5.41. The highest BCUT2D eigenvalue weighted by molar-refractivity contribution is 7.90. The highest BCUT2D eigenvalue weighted by Crippen LogP contribution is 2.31. The van der Waals surface area contributed by atoms with Crippen LogP contribution in [0.5, 0.6) is 0 Å². The molecule has 0 radical (unpaired) electrons. The van der Waals surface area contributed by atoms with Crippen molar-refractivity contribution in [3.63, 3.8) is 0 Å².